The molecule has 0 fully saturated rings. The highest BCUT2D eigenvalue weighted by atomic mass is 35.5. The number of nitrogens with zero attached hydrogens (tertiary/aromatic N) is 2. The van der Waals surface area contributed by atoms with E-state index >= 15 is 0 Å². The first kappa shape index (κ1) is 14.9. The Labute approximate surface area is 120 Å². The third-order valence-corrected chi connectivity index (χ3v) is 2.89. The van der Waals surface area contributed by atoms with E-state index in [2.05, 4.69) is 10.1 Å². The van der Waals surface area contributed by atoms with Gasteiger partial charge < -0.3 is 15.0 Å². The first-order valence-corrected chi connectivity index (χ1v) is 6.62. The molecular weight excluding hydrogens is 285 g/mol. The Morgan fingerprint density at radius 3 is 3.00 bits per heavy atom. The van der Waals surface area contributed by atoms with Gasteiger partial charge in [-0.05, 0) is 24.6 Å². The van der Waals surface area contributed by atoms with Crippen molar-refractivity contribution < 1.29 is 13.7 Å². The molecule has 0 aliphatic carbocycles. The summed E-state index contributed by atoms with van der Waals surface area (Å²) in [5, 5.41) is 4.00. The van der Waals surface area contributed by atoms with E-state index in [0.717, 1.165) is 6.42 Å². The van der Waals surface area contributed by atoms with Crippen molar-refractivity contribution in [2.45, 2.75) is 19.4 Å². The second kappa shape index (κ2) is 6.78. The molecular formula is C13H15ClFN3O2. The van der Waals surface area contributed by atoms with Crippen LogP contribution in [0.1, 0.15) is 25.2 Å². The van der Waals surface area contributed by atoms with Crippen LogP contribution in [0.5, 0.6) is 0 Å². The van der Waals surface area contributed by atoms with E-state index in [1.807, 2.05) is 6.92 Å². The molecule has 0 saturated carbocycles. The lowest BCUT2D eigenvalue weighted by atomic mass is 10.2. The molecule has 5 nitrogen and oxygen atoms in total. The van der Waals surface area contributed by atoms with Gasteiger partial charge in [-0.1, -0.05) is 23.7 Å². The van der Waals surface area contributed by atoms with Gasteiger partial charge in [-0.15, -0.1) is 0 Å². The molecule has 2 rings (SSSR count). The fraction of sp³-hybridized carbons (Fsp3) is 0.385. The van der Waals surface area contributed by atoms with Gasteiger partial charge in [-0.3, -0.25) is 0 Å². The highest BCUT2D eigenvalue weighted by molar-refractivity contribution is 6.33. The molecule has 0 spiro atoms. The zero-order chi connectivity index (χ0) is 14.5. The fourth-order valence-electron chi connectivity index (χ4n) is 1.59. The van der Waals surface area contributed by atoms with Gasteiger partial charge in [0.2, 0.25) is 0 Å². The Morgan fingerprint density at radius 2 is 2.30 bits per heavy atom. The van der Waals surface area contributed by atoms with Crippen molar-refractivity contribution in [1.29, 1.82) is 0 Å². The number of benzene rings is 1. The highest BCUT2D eigenvalue weighted by Gasteiger charge is 2.17. The summed E-state index contributed by atoms with van der Waals surface area (Å²) in [5.41, 5.74) is 6.35. The maximum Gasteiger partial charge on any atom is 0.259 e. The summed E-state index contributed by atoms with van der Waals surface area (Å²) in [5.74, 6) is 0.107. The minimum atomic E-state index is -0.474. The first-order valence-electron chi connectivity index (χ1n) is 6.24. The van der Waals surface area contributed by atoms with Gasteiger partial charge in [0, 0.05) is 6.61 Å². The number of nitrogens with two attached hydrogens (primary N) is 1. The van der Waals surface area contributed by atoms with E-state index in [4.69, 9.17) is 26.6 Å². The predicted molar refractivity (Wildman–Crippen MR) is 72.7 cm³/mol. The van der Waals surface area contributed by atoms with Crippen molar-refractivity contribution >= 4 is 11.6 Å². The summed E-state index contributed by atoms with van der Waals surface area (Å²) >= 11 is 5.93. The molecule has 20 heavy (non-hydrogen) atoms. The molecule has 2 N–H and O–H groups in total. The molecule has 1 aromatic carbocycles. The Morgan fingerprint density at radius 1 is 1.50 bits per heavy atom. The molecule has 1 heterocycles. The zero-order valence-electron chi connectivity index (χ0n) is 11.0. The van der Waals surface area contributed by atoms with E-state index < -0.39 is 11.9 Å². The van der Waals surface area contributed by atoms with Gasteiger partial charge in [0.05, 0.1) is 23.2 Å². The average Bonchev–Trinajstić information content (AvgIpc) is 2.88. The molecule has 2 aromatic rings. The van der Waals surface area contributed by atoms with Gasteiger partial charge in [0.15, 0.2) is 5.82 Å². The van der Waals surface area contributed by atoms with Crippen LogP contribution >= 0.6 is 11.6 Å². The molecule has 1 unspecified atom stereocenters. The van der Waals surface area contributed by atoms with Gasteiger partial charge >= 0.3 is 0 Å². The Balaban J connectivity index is 2.12. The van der Waals surface area contributed by atoms with Gasteiger partial charge in [-0.2, -0.15) is 4.98 Å². The van der Waals surface area contributed by atoms with Crippen molar-refractivity contribution in [2.24, 2.45) is 5.73 Å². The molecule has 0 bridgehead atoms. The zero-order valence-corrected chi connectivity index (χ0v) is 11.7. The summed E-state index contributed by atoms with van der Waals surface area (Å²) in [6.07, 6.45) is 0.912. The van der Waals surface area contributed by atoms with Gasteiger partial charge in [0.1, 0.15) is 5.82 Å². The van der Waals surface area contributed by atoms with Crippen molar-refractivity contribution in [3.63, 3.8) is 0 Å². The summed E-state index contributed by atoms with van der Waals surface area (Å²) in [6, 6.07) is 3.47. The second-order valence-corrected chi connectivity index (χ2v) is 4.67. The van der Waals surface area contributed by atoms with E-state index in [1.54, 1.807) is 0 Å². The monoisotopic (exact) mass is 299 g/mol. The van der Waals surface area contributed by atoms with Crippen molar-refractivity contribution in [3.05, 3.63) is 34.9 Å². The van der Waals surface area contributed by atoms with Crippen LogP contribution in [0.4, 0.5) is 4.39 Å². The minimum absolute atomic E-state index is 0.205. The molecule has 1 atom stereocenters. The van der Waals surface area contributed by atoms with Crippen molar-refractivity contribution in [2.75, 3.05) is 13.2 Å². The Kier molecular flexibility index (Phi) is 5.05. The maximum absolute atomic E-state index is 13.0. The van der Waals surface area contributed by atoms with Crippen LogP contribution in [0.25, 0.3) is 11.5 Å². The quantitative estimate of drug-likeness (QED) is 0.830. The summed E-state index contributed by atoms with van der Waals surface area (Å²) in [4.78, 5) is 4.16. The number of halogens is 2. The maximum atomic E-state index is 13.0. The van der Waals surface area contributed by atoms with Crippen LogP contribution in [-0.4, -0.2) is 23.4 Å². The van der Waals surface area contributed by atoms with Crippen LogP contribution in [0.15, 0.2) is 22.7 Å². The van der Waals surface area contributed by atoms with Crippen LogP contribution in [0.2, 0.25) is 5.02 Å². The molecule has 0 aliphatic rings. The van der Waals surface area contributed by atoms with Crippen LogP contribution in [0.3, 0.4) is 0 Å². The Bertz CT molecular complexity index is 576. The average molecular weight is 300 g/mol. The molecule has 108 valence electrons. The normalized spacial score (nSPS) is 12.6. The lowest BCUT2D eigenvalue weighted by Gasteiger charge is -2.06. The Hall–Kier alpha value is -1.50. The number of ether oxygens (including phenoxy) is 1. The molecule has 0 aliphatic heterocycles. The summed E-state index contributed by atoms with van der Waals surface area (Å²) < 4.78 is 23.4. The standard InChI is InChI=1S/C13H15ClFN3O2/c1-2-5-19-7-11(16)12-17-13(20-18-12)9-4-3-8(15)6-10(9)14/h3-4,6,11H,2,5,7,16H2,1H3. The van der Waals surface area contributed by atoms with Gasteiger partial charge in [-0.25, -0.2) is 4.39 Å². The number of rotatable bonds is 6. The number of hydrogen-bond donors (Lipinski definition) is 1. The largest absolute Gasteiger partial charge is 0.379 e. The van der Waals surface area contributed by atoms with Crippen molar-refractivity contribution in [3.8, 4) is 11.5 Å². The van der Waals surface area contributed by atoms with Crippen molar-refractivity contribution in [1.82, 2.24) is 10.1 Å². The first-order chi connectivity index (χ1) is 9.61. The van der Waals surface area contributed by atoms with E-state index in [9.17, 15) is 4.39 Å². The molecule has 1 aromatic heterocycles. The fourth-order valence-corrected chi connectivity index (χ4v) is 1.84. The van der Waals surface area contributed by atoms with E-state index in [-0.39, 0.29) is 10.9 Å². The van der Waals surface area contributed by atoms with E-state index in [0.29, 0.717) is 24.6 Å². The third kappa shape index (κ3) is 3.53. The lowest BCUT2D eigenvalue weighted by Crippen LogP contribution is -2.18. The molecule has 0 amide bonds. The molecule has 7 heteroatoms. The lowest BCUT2D eigenvalue weighted by molar-refractivity contribution is 0.119. The SMILES string of the molecule is CCCOCC(N)c1noc(-c2ccc(F)cc2Cl)n1. The number of aromatic nitrogens is 2. The smallest absolute Gasteiger partial charge is 0.259 e. The molecule has 0 saturated heterocycles. The number of hydrogen-bond acceptors (Lipinski definition) is 5. The highest BCUT2D eigenvalue weighted by Crippen LogP contribution is 2.27. The third-order valence-electron chi connectivity index (χ3n) is 2.58. The summed E-state index contributed by atoms with van der Waals surface area (Å²) in [6.45, 7) is 2.95. The second-order valence-electron chi connectivity index (χ2n) is 4.26. The van der Waals surface area contributed by atoms with E-state index in [1.165, 1.54) is 18.2 Å². The molecule has 0 radical (unpaired) electrons. The van der Waals surface area contributed by atoms with Crippen LogP contribution in [-0.2, 0) is 4.74 Å². The summed E-state index contributed by atoms with van der Waals surface area (Å²) in [7, 11) is 0. The topological polar surface area (TPSA) is 74.2 Å². The van der Waals surface area contributed by atoms with Crippen LogP contribution < -0.4 is 5.73 Å². The van der Waals surface area contributed by atoms with Gasteiger partial charge in [0.25, 0.3) is 5.89 Å². The predicted octanol–water partition coefficient (Wildman–Crippen LogP) is 2.96. The van der Waals surface area contributed by atoms with Crippen LogP contribution in [0, 0.1) is 5.82 Å². The minimum Gasteiger partial charge on any atom is -0.379 e.